The summed E-state index contributed by atoms with van der Waals surface area (Å²) in [6.45, 7) is 5.78. The smallest absolute Gasteiger partial charge is 0.183 e. The Morgan fingerprint density at radius 2 is 0.912 bits per heavy atom. The first kappa shape index (κ1) is 22.9. The maximum atomic E-state index is 13.0. The largest absolute Gasteiger partial charge is 0.399 e. The normalized spacial score (nSPS) is 17.6. The Kier molecular flexibility index (Phi) is 6.27. The molecule has 0 bridgehead atoms. The zero-order chi connectivity index (χ0) is 24.4. The van der Waals surface area contributed by atoms with Gasteiger partial charge in [0.2, 0.25) is 0 Å². The number of carbonyl (C=O) groups excluding carboxylic acids is 1. The fourth-order valence-electron chi connectivity index (χ4n) is 3.68. The van der Waals surface area contributed by atoms with Crippen LogP contribution in [0, 0.1) is 20.8 Å². The summed E-state index contributed by atoms with van der Waals surface area (Å²) in [7, 11) is 0. The van der Waals surface area contributed by atoms with E-state index in [1.165, 1.54) is 0 Å². The van der Waals surface area contributed by atoms with Gasteiger partial charge in [-0.2, -0.15) is 0 Å². The van der Waals surface area contributed by atoms with Crippen LogP contribution >= 0.6 is 0 Å². The van der Waals surface area contributed by atoms with Gasteiger partial charge in [0.05, 0.1) is 40.6 Å². The van der Waals surface area contributed by atoms with Gasteiger partial charge in [-0.25, -0.2) is 4.99 Å². The molecule has 0 spiro atoms. The lowest BCUT2D eigenvalue weighted by Gasteiger charge is -2.18. The Hall–Kier alpha value is -4.26. The molecule has 3 aromatic carbocycles. The zero-order valence-corrected chi connectivity index (χ0v) is 19.6. The monoisotopic (exact) mass is 452 g/mol. The highest BCUT2D eigenvalue weighted by molar-refractivity contribution is 6.62. The average Bonchev–Trinajstić information content (AvgIpc) is 2.79. The Morgan fingerprint density at radius 1 is 0.559 bits per heavy atom. The third-order valence-corrected chi connectivity index (χ3v) is 5.87. The van der Waals surface area contributed by atoms with E-state index in [4.69, 9.17) is 27.2 Å². The number of hydrogen-bond acceptors (Lipinski definition) is 7. The van der Waals surface area contributed by atoms with Crippen LogP contribution in [-0.2, 0) is 4.79 Å². The van der Waals surface area contributed by atoms with E-state index in [1.54, 1.807) is 6.07 Å². The summed E-state index contributed by atoms with van der Waals surface area (Å²) in [4.78, 5) is 27.3. The molecule has 4 rings (SSSR count). The molecule has 0 atom stereocenters. The van der Waals surface area contributed by atoms with Gasteiger partial charge in [0.25, 0.3) is 0 Å². The predicted molar refractivity (Wildman–Crippen MR) is 142 cm³/mol. The van der Waals surface area contributed by atoms with Gasteiger partial charge < -0.3 is 17.2 Å². The van der Waals surface area contributed by atoms with Gasteiger partial charge in [-0.05, 0) is 92.1 Å². The van der Waals surface area contributed by atoms with Crippen LogP contribution in [0.3, 0.4) is 0 Å². The third kappa shape index (κ3) is 5.04. The minimum atomic E-state index is -0.0761. The first-order valence-electron chi connectivity index (χ1n) is 11.0. The van der Waals surface area contributed by atoms with Crippen molar-refractivity contribution in [3.05, 3.63) is 71.3 Å². The molecular formula is C27H28N6O. The number of aliphatic imine (C=N–C) groups is 3. The number of anilines is 3. The number of nitrogens with two attached hydrogens (primary N) is 3. The highest BCUT2D eigenvalue weighted by Crippen LogP contribution is 2.26. The standard InChI is InChI=1S/C27H28N6O/c1-15-10-18(4-7-21(15)28)31-24-13-26(33-20-6-9-23(30)17(3)12-20)27(34)14-25(24)32-19-5-8-22(29)16(2)11-19/h4-12H,13-14,28-30H2,1-3H3. The van der Waals surface area contributed by atoms with Crippen LogP contribution in [-0.4, -0.2) is 22.9 Å². The fraction of sp³-hybridized carbons (Fsp3) is 0.185. The van der Waals surface area contributed by atoms with Gasteiger partial charge in [-0.3, -0.25) is 14.8 Å². The topological polar surface area (TPSA) is 132 Å². The number of benzene rings is 3. The molecule has 0 radical (unpaired) electrons. The second-order valence-electron chi connectivity index (χ2n) is 8.57. The summed E-state index contributed by atoms with van der Waals surface area (Å²) in [5, 5.41) is 0. The number of hydrogen-bond donors (Lipinski definition) is 3. The molecule has 1 aliphatic rings. The number of carbonyl (C=O) groups is 1. The summed E-state index contributed by atoms with van der Waals surface area (Å²) in [5.41, 5.74) is 26.6. The zero-order valence-electron chi connectivity index (χ0n) is 19.6. The summed E-state index contributed by atoms with van der Waals surface area (Å²) in [5.74, 6) is -0.0761. The highest BCUT2D eigenvalue weighted by Gasteiger charge is 2.27. The fourth-order valence-corrected chi connectivity index (χ4v) is 3.68. The van der Waals surface area contributed by atoms with Crippen molar-refractivity contribution in [3.8, 4) is 0 Å². The summed E-state index contributed by atoms with van der Waals surface area (Å²) >= 11 is 0. The van der Waals surface area contributed by atoms with E-state index in [1.807, 2.05) is 69.3 Å². The van der Waals surface area contributed by atoms with Crippen LogP contribution in [0.15, 0.2) is 69.6 Å². The molecule has 6 N–H and O–H groups in total. The van der Waals surface area contributed by atoms with Crippen LogP contribution in [0.4, 0.5) is 34.1 Å². The van der Waals surface area contributed by atoms with Crippen molar-refractivity contribution < 1.29 is 4.79 Å². The first-order valence-corrected chi connectivity index (χ1v) is 11.0. The number of aryl methyl sites for hydroxylation is 3. The Labute approximate surface area is 199 Å². The summed E-state index contributed by atoms with van der Waals surface area (Å²) in [6.07, 6.45) is 0.390. The quantitative estimate of drug-likeness (QED) is 0.463. The molecule has 3 aromatic rings. The van der Waals surface area contributed by atoms with Crippen LogP contribution < -0.4 is 17.2 Å². The Morgan fingerprint density at radius 3 is 1.29 bits per heavy atom. The van der Waals surface area contributed by atoms with Crippen LogP contribution in [0.25, 0.3) is 0 Å². The minimum absolute atomic E-state index is 0.0761. The SMILES string of the molecule is Cc1cc(N=C2CC(=Nc3ccc(N)c(C)c3)C(=Nc3ccc(N)c(C)c3)CC2=O)ccc1N. The molecular weight excluding hydrogens is 424 g/mol. The van der Waals surface area contributed by atoms with Gasteiger partial charge in [0.15, 0.2) is 5.78 Å². The molecule has 7 nitrogen and oxygen atoms in total. The molecule has 0 heterocycles. The van der Waals surface area contributed by atoms with Crippen molar-refractivity contribution in [2.24, 2.45) is 15.0 Å². The van der Waals surface area contributed by atoms with Gasteiger partial charge in [0.1, 0.15) is 0 Å². The minimum Gasteiger partial charge on any atom is -0.399 e. The lowest BCUT2D eigenvalue weighted by molar-refractivity contribution is -0.112. The first-order chi connectivity index (χ1) is 16.2. The van der Waals surface area contributed by atoms with Gasteiger partial charge in [-0.15, -0.1) is 0 Å². The third-order valence-electron chi connectivity index (χ3n) is 5.87. The molecule has 7 heteroatoms. The van der Waals surface area contributed by atoms with E-state index in [2.05, 4.69) is 4.99 Å². The Bertz CT molecular complexity index is 1380. The van der Waals surface area contributed by atoms with Crippen LogP contribution in [0.1, 0.15) is 29.5 Å². The number of nitrogens with zero attached hydrogens (tertiary/aromatic N) is 3. The van der Waals surface area contributed by atoms with Crippen molar-refractivity contribution in [2.45, 2.75) is 33.6 Å². The summed E-state index contributed by atoms with van der Waals surface area (Å²) < 4.78 is 0. The van der Waals surface area contributed by atoms with Crippen molar-refractivity contribution in [1.82, 2.24) is 0 Å². The van der Waals surface area contributed by atoms with Crippen molar-refractivity contribution >= 4 is 57.0 Å². The molecule has 1 fully saturated rings. The van der Waals surface area contributed by atoms with Crippen LogP contribution in [0.5, 0.6) is 0 Å². The molecule has 1 aliphatic carbocycles. The second kappa shape index (κ2) is 9.31. The van der Waals surface area contributed by atoms with Gasteiger partial charge >= 0.3 is 0 Å². The van der Waals surface area contributed by atoms with Gasteiger partial charge in [-0.1, -0.05) is 0 Å². The highest BCUT2D eigenvalue weighted by atomic mass is 16.1. The van der Waals surface area contributed by atoms with E-state index >= 15 is 0 Å². The van der Waals surface area contributed by atoms with E-state index < -0.39 is 0 Å². The number of rotatable bonds is 3. The van der Waals surface area contributed by atoms with E-state index in [-0.39, 0.29) is 18.6 Å². The lowest BCUT2D eigenvalue weighted by Crippen LogP contribution is -2.33. The van der Waals surface area contributed by atoms with E-state index in [9.17, 15) is 4.79 Å². The van der Waals surface area contributed by atoms with E-state index in [0.717, 1.165) is 28.1 Å². The maximum Gasteiger partial charge on any atom is 0.183 e. The molecule has 0 aliphatic heterocycles. The molecule has 1 saturated carbocycles. The van der Waals surface area contributed by atoms with Crippen molar-refractivity contribution in [1.29, 1.82) is 0 Å². The molecule has 0 aromatic heterocycles. The van der Waals surface area contributed by atoms with Crippen molar-refractivity contribution in [2.75, 3.05) is 17.2 Å². The van der Waals surface area contributed by atoms with E-state index in [0.29, 0.717) is 39.9 Å². The molecule has 34 heavy (non-hydrogen) atoms. The number of ketones is 1. The van der Waals surface area contributed by atoms with Crippen molar-refractivity contribution in [3.63, 3.8) is 0 Å². The molecule has 0 unspecified atom stereocenters. The lowest BCUT2D eigenvalue weighted by atomic mass is 9.92. The number of Topliss-reactive ketones (excluding diaryl/α,β-unsaturated/α-hetero) is 1. The molecule has 0 saturated heterocycles. The average molecular weight is 453 g/mol. The summed E-state index contributed by atoms with van der Waals surface area (Å²) in [6, 6.07) is 16.6. The second-order valence-corrected chi connectivity index (χ2v) is 8.57. The Balaban J connectivity index is 1.77. The maximum absolute atomic E-state index is 13.0. The predicted octanol–water partition coefficient (Wildman–Crippen LogP) is 5.34. The van der Waals surface area contributed by atoms with Crippen LogP contribution in [0.2, 0.25) is 0 Å². The number of nitrogen functional groups attached to an aromatic ring is 3. The van der Waals surface area contributed by atoms with Gasteiger partial charge in [0, 0.05) is 23.5 Å². The molecule has 0 amide bonds. The molecule has 172 valence electrons.